The van der Waals surface area contributed by atoms with E-state index in [0.29, 0.717) is 6.54 Å². The lowest BCUT2D eigenvalue weighted by Crippen LogP contribution is -2.34. The highest BCUT2D eigenvalue weighted by atomic mass is 19.4. The van der Waals surface area contributed by atoms with Crippen LogP contribution in [0.15, 0.2) is 24.3 Å². The number of carbonyl (C=O) groups excluding carboxylic acids is 2. The molecule has 1 N–H and O–H groups in total. The quantitative estimate of drug-likeness (QED) is 0.845. The third kappa shape index (κ3) is 4.03. The Hall–Kier alpha value is -2.05. The largest absolute Gasteiger partial charge is 0.418 e. The molecule has 1 unspecified atom stereocenters. The molecule has 1 fully saturated rings. The first-order valence-electron chi connectivity index (χ1n) is 7.59. The zero-order valence-corrected chi connectivity index (χ0v) is 12.8. The summed E-state index contributed by atoms with van der Waals surface area (Å²) in [6.45, 7) is 2.48. The fourth-order valence-corrected chi connectivity index (χ4v) is 2.60. The van der Waals surface area contributed by atoms with Crippen LogP contribution in [0.3, 0.4) is 0 Å². The van der Waals surface area contributed by atoms with Crippen LogP contribution in [0.2, 0.25) is 0 Å². The van der Waals surface area contributed by atoms with E-state index in [9.17, 15) is 22.8 Å². The number of alkyl halides is 3. The highest BCUT2D eigenvalue weighted by Gasteiger charge is 2.40. The normalized spacial score (nSPS) is 18.3. The Labute approximate surface area is 132 Å². The summed E-state index contributed by atoms with van der Waals surface area (Å²) in [7, 11) is 0. The van der Waals surface area contributed by atoms with Crippen LogP contribution in [-0.4, -0.2) is 24.9 Å². The lowest BCUT2D eigenvalue weighted by molar-refractivity contribution is -0.137. The first kappa shape index (κ1) is 17.3. The number of nitrogens with zero attached hydrogens (tertiary/aromatic N) is 1. The molecule has 0 radical (unpaired) electrons. The number of rotatable bonds is 5. The fraction of sp³-hybridized carbons (Fsp3) is 0.500. The first-order chi connectivity index (χ1) is 10.8. The summed E-state index contributed by atoms with van der Waals surface area (Å²) in [5.74, 6) is -1.35. The van der Waals surface area contributed by atoms with Crippen LogP contribution in [0.1, 0.15) is 31.7 Å². The van der Waals surface area contributed by atoms with E-state index in [1.807, 2.05) is 6.92 Å². The molecule has 4 nitrogen and oxygen atoms in total. The van der Waals surface area contributed by atoms with Crippen molar-refractivity contribution in [2.75, 3.05) is 18.0 Å². The van der Waals surface area contributed by atoms with Crippen LogP contribution >= 0.6 is 0 Å². The number of para-hydroxylation sites is 1. The van der Waals surface area contributed by atoms with Gasteiger partial charge in [0.2, 0.25) is 11.8 Å². The second-order valence-electron chi connectivity index (χ2n) is 5.56. The molecule has 1 aromatic rings. The molecular weight excluding hydrogens is 309 g/mol. The van der Waals surface area contributed by atoms with Crippen molar-refractivity contribution in [3.63, 3.8) is 0 Å². The summed E-state index contributed by atoms with van der Waals surface area (Å²) in [6, 6.07) is 4.93. The number of amides is 2. The minimum Gasteiger partial charge on any atom is -0.356 e. The number of halogens is 3. The summed E-state index contributed by atoms with van der Waals surface area (Å²) in [5.41, 5.74) is -1.05. The van der Waals surface area contributed by atoms with Gasteiger partial charge in [-0.25, -0.2) is 0 Å². The molecule has 1 atom stereocenters. The molecule has 1 aromatic carbocycles. The monoisotopic (exact) mass is 328 g/mol. The van der Waals surface area contributed by atoms with Crippen molar-refractivity contribution in [1.82, 2.24) is 5.32 Å². The smallest absolute Gasteiger partial charge is 0.356 e. The van der Waals surface area contributed by atoms with Gasteiger partial charge in [-0.05, 0) is 18.6 Å². The van der Waals surface area contributed by atoms with Crippen LogP contribution in [0.5, 0.6) is 0 Å². The van der Waals surface area contributed by atoms with Crippen LogP contribution in [0.25, 0.3) is 0 Å². The van der Waals surface area contributed by atoms with Crippen molar-refractivity contribution in [3.8, 4) is 0 Å². The lowest BCUT2D eigenvalue weighted by atomic mass is 10.1. The molecule has 0 spiro atoms. The van der Waals surface area contributed by atoms with Crippen molar-refractivity contribution in [1.29, 1.82) is 0 Å². The lowest BCUT2D eigenvalue weighted by Gasteiger charge is -2.21. The van der Waals surface area contributed by atoms with E-state index in [4.69, 9.17) is 0 Å². The van der Waals surface area contributed by atoms with E-state index in [1.165, 1.54) is 18.2 Å². The van der Waals surface area contributed by atoms with E-state index in [1.54, 1.807) is 0 Å². The molecule has 126 valence electrons. The minimum absolute atomic E-state index is 0.0239. The zero-order chi connectivity index (χ0) is 17.0. The van der Waals surface area contributed by atoms with Crippen molar-refractivity contribution >= 4 is 17.5 Å². The van der Waals surface area contributed by atoms with Gasteiger partial charge < -0.3 is 10.2 Å². The maximum absolute atomic E-state index is 13.1. The van der Waals surface area contributed by atoms with Gasteiger partial charge in [0.25, 0.3) is 0 Å². The van der Waals surface area contributed by atoms with Gasteiger partial charge in [0.05, 0.1) is 17.2 Å². The number of unbranched alkanes of at least 4 members (excludes halogenated alkanes) is 1. The first-order valence-corrected chi connectivity index (χ1v) is 7.59. The summed E-state index contributed by atoms with van der Waals surface area (Å²) < 4.78 is 39.2. The number of hydrogen-bond donors (Lipinski definition) is 1. The third-order valence-corrected chi connectivity index (χ3v) is 3.83. The van der Waals surface area contributed by atoms with Gasteiger partial charge >= 0.3 is 6.18 Å². The Morgan fingerprint density at radius 2 is 2.04 bits per heavy atom. The number of nitrogens with one attached hydrogen (secondary N) is 1. The molecule has 2 amide bonds. The van der Waals surface area contributed by atoms with Crippen molar-refractivity contribution in [2.45, 2.75) is 32.4 Å². The maximum atomic E-state index is 13.1. The van der Waals surface area contributed by atoms with Crippen molar-refractivity contribution < 1.29 is 22.8 Å². The fourth-order valence-electron chi connectivity index (χ4n) is 2.60. The molecule has 1 aliphatic rings. The minimum atomic E-state index is -4.54. The molecule has 1 aliphatic heterocycles. The van der Waals surface area contributed by atoms with E-state index < -0.39 is 23.6 Å². The summed E-state index contributed by atoms with van der Waals surface area (Å²) in [4.78, 5) is 25.2. The number of benzene rings is 1. The molecule has 7 heteroatoms. The zero-order valence-electron chi connectivity index (χ0n) is 12.8. The Morgan fingerprint density at radius 1 is 1.35 bits per heavy atom. The molecule has 1 heterocycles. The molecule has 0 aromatic heterocycles. The van der Waals surface area contributed by atoms with Crippen LogP contribution in [-0.2, 0) is 15.8 Å². The molecule has 0 aliphatic carbocycles. The second kappa shape index (κ2) is 7.02. The SMILES string of the molecule is CCCCNC(=O)C1CC(=O)N(c2ccccc2C(F)(F)F)C1. The van der Waals surface area contributed by atoms with Gasteiger partial charge in [-0.15, -0.1) is 0 Å². The summed E-state index contributed by atoms with van der Waals surface area (Å²) in [6.07, 6.45) is -2.86. The summed E-state index contributed by atoms with van der Waals surface area (Å²) in [5, 5.41) is 2.72. The number of anilines is 1. The highest BCUT2D eigenvalue weighted by Crippen LogP contribution is 2.38. The Morgan fingerprint density at radius 3 is 2.70 bits per heavy atom. The Bertz CT molecular complexity index is 587. The molecule has 23 heavy (non-hydrogen) atoms. The van der Waals surface area contributed by atoms with E-state index in [2.05, 4.69) is 5.32 Å². The summed E-state index contributed by atoms with van der Waals surface area (Å²) >= 11 is 0. The van der Waals surface area contributed by atoms with Gasteiger partial charge in [0.15, 0.2) is 0 Å². The van der Waals surface area contributed by atoms with Crippen LogP contribution < -0.4 is 10.2 Å². The highest BCUT2D eigenvalue weighted by molar-refractivity contribution is 6.00. The van der Waals surface area contributed by atoms with Gasteiger partial charge in [-0.2, -0.15) is 13.2 Å². The van der Waals surface area contributed by atoms with Crippen molar-refractivity contribution in [2.24, 2.45) is 5.92 Å². The maximum Gasteiger partial charge on any atom is 0.418 e. The van der Waals surface area contributed by atoms with Crippen LogP contribution in [0, 0.1) is 5.92 Å². The molecule has 0 saturated carbocycles. The Kier molecular flexibility index (Phi) is 5.28. The average Bonchev–Trinajstić information content (AvgIpc) is 2.88. The van der Waals surface area contributed by atoms with E-state index in [-0.39, 0.29) is 24.6 Å². The van der Waals surface area contributed by atoms with Crippen LogP contribution in [0.4, 0.5) is 18.9 Å². The predicted molar refractivity (Wildman–Crippen MR) is 79.8 cm³/mol. The van der Waals surface area contributed by atoms with Gasteiger partial charge in [0, 0.05) is 19.5 Å². The van der Waals surface area contributed by atoms with E-state index >= 15 is 0 Å². The average molecular weight is 328 g/mol. The third-order valence-electron chi connectivity index (χ3n) is 3.83. The van der Waals surface area contributed by atoms with Crippen molar-refractivity contribution in [3.05, 3.63) is 29.8 Å². The number of hydrogen-bond acceptors (Lipinski definition) is 2. The number of carbonyl (C=O) groups is 2. The molecular formula is C16H19F3N2O2. The predicted octanol–water partition coefficient (Wildman–Crippen LogP) is 2.97. The van der Waals surface area contributed by atoms with Gasteiger partial charge in [-0.1, -0.05) is 25.5 Å². The van der Waals surface area contributed by atoms with Gasteiger partial charge in [0.1, 0.15) is 0 Å². The molecule has 0 bridgehead atoms. The Balaban J connectivity index is 2.14. The second-order valence-corrected chi connectivity index (χ2v) is 5.56. The molecule has 2 rings (SSSR count). The molecule has 1 saturated heterocycles. The standard InChI is InChI=1S/C16H19F3N2O2/c1-2-3-8-20-15(23)11-9-14(22)21(10-11)13-7-5-4-6-12(13)16(17,18)19/h4-7,11H,2-3,8-10H2,1H3,(H,20,23). The topological polar surface area (TPSA) is 49.4 Å². The van der Waals surface area contributed by atoms with Gasteiger partial charge in [-0.3, -0.25) is 9.59 Å². The van der Waals surface area contributed by atoms with E-state index in [0.717, 1.165) is 23.8 Å².